The van der Waals surface area contributed by atoms with Crippen LogP contribution in [0.25, 0.3) is 0 Å². The molecule has 1 heterocycles. The van der Waals surface area contributed by atoms with Gasteiger partial charge in [0.05, 0.1) is 18.0 Å². The Morgan fingerprint density at radius 1 is 1.36 bits per heavy atom. The number of aryl methyl sites for hydroxylation is 2. The van der Waals surface area contributed by atoms with Crippen LogP contribution < -0.4 is 4.72 Å². The van der Waals surface area contributed by atoms with Crippen molar-refractivity contribution in [2.24, 2.45) is 7.05 Å². The highest BCUT2D eigenvalue weighted by atomic mass is 35.5. The molecule has 0 atom stereocenters. The Labute approximate surface area is 135 Å². The zero-order chi connectivity index (χ0) is 16.3. The van der Waals surface area contributed by atoms with E-state index in [1.807, 2.05) is 19.1 Å². The number of rotatable bonds is 6. The molecule has 0 spiro atoms. The number of sulfonamides is 1. The van der Waals surface area contributed by atoms with Crippen molar-refractivity contribution in [1.29, 1.82) is 0 Å². The highest BCUT2D eigenvalue weighted by molar-refractivity contribution is 7.92. The molecule has 8 heteroatoms. The van der Waals surface area contributed by atoms with Crippen LogP contribution in [-0.2, 0) is 28.4 Å². The topological polar surface area (TPSA) is 73.2 Å². The van der Waals surface area contributed by atoms with Gasteiger partial charge < -0.3 is 4.74 Å². The van der Waals surface area contributed by atoms with Crippen molar-refractivity contribution in [3.8, 4) is 0 Å². The van der Waals surface area contributed by atoms with E-state index in [-0.39, 0.29) is 10.0 Å². The largest absolute Gasteiger partial charge is 0.377 e. The van der Waals surface area contributed by atoms with Crippen LogP contribution in [0.15, 0.2) is 29.2 Å². The first-order valence-electron chi connectivity index (χ1n) is 6.74. The third-order valence-corrected chi connectivity index (χ3v) is 5.15. The number of ether oxygens (including phenoxy) is 1. The van der Waals surface area contributed by atoms with Crippen molar-refractivity contribution >= 4 is 27.3 Å². The molecule has 1 N–H and O–H groups in total. The van der Waals surface area contributed by atoms with E-state index in [1.165, 1.54) is 4.68 Å². The van der Waals surface area contributed by atoms with E-state index in [1.54, 1.807) is 26.1 Å². The molecule has 0 aliphatic rings. The van der Waals surface area contributed by atoms with Crippen LogP contribution in [0.5, 0.6) is 0 Å². The first-order valence-corrected chi connectivity index (χ1v) is 8.60. The first-order chi connectivity index (χ1) is 10.4. The van der Waals surface area contributed by atoms with Crippen LogP contribution in [0.3, 0.4) is 0 Å². The lowest BCUT2D eigenvalue weighted by atomic mass is 10.2. The van der Waals surface area contributed by atoms with E-state index in [0.717, 1.165) is 5.56 Å². The summed E-state index contributed by atoms with van der Waals surface area (Å²) in [5.41, 5.74) is 1.57. The molecule has 1 aromatic carbocycles. The van der Waals surface area contributed by atoms with Crippen molar-refractivity contribution < 1.29 is 13.2 Å². The molecule has 1 aromatic heterocycles. The number of aromatic nitrogens is 2. The Hall–Kier alpha value is -1.57. The number of hydrogen-bond donors (Lipinski definition) is 1. The van der Waals surface area contributed by atoms with Gasteiger partial charge in [-0.3, -0.25) is 9.40 Å². The smallest absolute Gasteiger partial charge is 0.266 e. The summed E-state index contributed by atoms with van der Waals surface area (Å²) in [6, 6.07) is 7.08. The molecule has 2 rings (SSSR count). The second-order valence-corrected chi connectivity index (χ2v) is 6.71. The number of nitrogens with one attached hydrogen (secondary N) is 1. The Bertz CT molecular complexity index is 772. The Balaban J connectivity index is 2.37. The van der Waals surface area contributed by atoms with Gasteiger partial charge in [-0.15, -0.1) is 0 Å². The number of hydrogen-bond acceptors (Lipinski definition) is 4. The van der Waals surface area contributed by atoms with Gasteiger partial charge in [0.1, 0.15) is 10.0 Å². The monoisotopic (exact) mass is 343 g/mol. The molecule has 0 amide bonds. The molecule has 0 aliphatic carbocycles. The van der Waals surface area contributed by atoms with Crippen LogP contribution in [0.4, 0.5) is 5.69 Å². The van der Waals surface area contributed by atoms with Gasteiger partial charge in [-0.25, -0.2) is 8.42 Å². The summed E-state index contributed by atoms with van der Waals surface area (Å²) in [5, 5.41) is 4.11. The lowest BCUT2D eigenvalue weighted by Gasteiger charge is -2.12. The fraction of sp³-hybridized carbons (Fsp3) is 0.357. The molecule has 0 saturated carbocycles. The van der Waals surface area contributed by atoms with Gasteiger partial charge in [0.15, 0.2) is 0 Å². The normalized spacial score (nSPS) is 11.6. The summed E-state index contributed by atoms with van der Waals surface area (Å²) >= 11 is 6.04. The third-order valence-electron chi connectivity index (χ3n) is 3.09. The predicted octanol–water partition coefficient (Wildman–Crippen LogP) is 2.72. The molecular formula is C14H18ClN3O3S. The van der Waals surface area contributed by atoms with Gasteiger partial charge in [-0.2, -0.15) is 5.10 Å². The van der Waals surface area contributed by atoms with Crippen molar-refractivity contribution in [1.82, 2.24) is 9.78 Å². The lowest BCUT2D eigenvalue weighted by molar-refractivity contribution is 0.134. The van der Waals surface area contributed by atoms with Crippen molar-refractivity contribution in [2.45, 2.75) is 25.3 Å². The highest BCUT2D eigenvalue weighted by Gasteiger charge is 2.25. The SMILES string of the molecule is CCOCc1ccccc1NS(=O)(=O)c1c(C)nn(C)c1Cl. The fourth-order valence-corrected chi connectivity index (χ4v) is 3.92. The molecule has 22 heavy (non-hydrogen) atoms. The average molecular weight is 344 g/mol. The van der Waals surface area contributed by atoms with E-state index in [2.05, 4.69) is 9.82 Å². The van der Waals surface area contributed by atoms with Gasteiger partial charge in [-0.1, -0.05) is 29.8 Å². The number of para-hydroxylation sites is 1. The molecule has 2 aromatic rings. The fourth-order valence-electron chi connectivity index (χ4n) is 2.07. The summed E-state index contributed by atoms with van der Waals surface area (Å²) < 4.78 is 34.4. The summed E-state index contributed by atoms with van der Waals surface area (Å²) in [6.07, 6.45) is 0. The molecule has 0 aliphatic heterocycles. The minimum atomic E-state index is -3.82. The number of halogens is 1. The van der Waals surface area contributed by atoms with Crippen molar-refractivity contribution in [3.05, 3.63) is 40.7 Å². The molecule has 6 nitrogen and oxygen atoms in total. The molecule has 0 bridgehead atoms. The summed E-state index contributed by atoms with van der Waals surface area (Å²) in [4.78, 5) is -0.0112. The van der Waals surface area contributed by atoms with E-state index >= 15 is 0 Å². The van der Waals surface area contributed by atoms with Gasteiger partial charge in [0.25, 0.3) is 10.0 Å². The van der Waals surface area contributed by atoms with E-state index in [0.29, 0.717) is 24.6 Å². The first kappa shape index (κ1) is 16.8. The molecule has 0 saturated heterocycles. The van der Waals surface area contributed by atoms with Crippen LogP contribution >= 0.6 is 11.6 Å². The zero-order valence-corrected chi connectivity index (χ0v) is 14.2. The van der Waals surface area contributed by atoms with Gasteiger partial charge in [0, 0.05) is 19.2 Å². The zero-order valence-electron chi connectivity index (χ0n) is 12.6. The van der Waals surface area contributed by atoms with Crippen LogP contribution in [0, 0.1) is 6.92 Å². The maximum Gasteiger partial charge on any atom is 0.266 e. The summed E-state index contributed by atoms with van der Waals surface area (Å²) in [6.45, 7) is 4.36. The average Bonchev–Trinajstić information content (AvgIpc) is 2.71. The lowest BCUT2D eigenvalue weighted by Crippen LogP contribution is -2.15. The Kier molecular flexibility index (Phi) is 5.10. The summed E-state index contributed by atoms with van der Waals surface area (Å²) in [5.74, 6) is 0. The number of nitrogens with zero attached hydrogens (tertiary/aromatic N) is 2. The maximum atomic E-state index is 12.6. The van der Waals surface area contributed by atoms with Gasteiger partial charge >= 0.3 is 0 Å². The maximum absolute atomic E-state index is 12.6. The predicted molar refractivity (Wildman–Crippen MR) is 85.5 cm³/mol. The van der Waals surface area contributed by atoms with Crippen molar-refractivity contribution in [2.75, 3.05) is 11.3 Å². The second-order valence-electron chi connectivity index (χ2n) is 4.73. The van der Waals surface area contributed by atoms with E-state index in [9.17, 15) is 8.42 Å². The minimum absolute atomic E-state index is 0.0112. The molecule has 0 radical (unpaired) electrons. The third kappa shape index (κ3) is 3.43. The highest BCUT2D eigenvalue weighted by Crippen LogP contribution is 2.27. The molecule has 0 unspecified atom stereocenters. The molecular weight excluding hydrogens is 326 g/mol. The standard InChI is InChI=1S/C14H18ClN3O3S/c1-4-21-9-11-7-5-6-8-12(11)17-22(19,20)13-10(2)16-18(3)14(13)15/h5-8,17H,4,9H2,1-3H3. The molecule has 120 valence electrons. The summed E-state index contributed by atoms with van der Waals surface area (Å²) in [7, 11) is -2.23. The minimum Gasteiger partial charge on any atom is -0.377 e. The van der Waals surface area contributed by atoms with Crippen molar-refractivity contribution in [3.63, 3.8) is 0 Å². The number of anilines is 1. The van der Waals surface area contributed by atoms with Crippen LogP contribution in [0.2, 0.25) is 5.15 Å². The Morgan fingerprint density at radius 3 is 2.64 bits per heavy atom. The van der Waals surface area contributed by atoms with Crippen LogP contribution in [0.1, 0.15) is 18.2 Å². The second kappa shape index (κ2) is 6.68. The van der Waals surface area contributed by atoms with Gasteiger partial charge in [0.2, 0.25) is 0 Å². The molecule has 0 fully saturated rings. The van der Waals surface area contributed by atoms with E-state index in [4.69, 9.17) is 16.3 Å². The van der Waals surface area contributed by atoms with Gasteiger partial charge in [-0.05, 0) is 19.9 Å². The number of benzene rings is 1. The van der Waals surface area contributed by atoms with E-state index < -0.39 is 10.0 Å². The van der Waals surface area contributed by atoms with Crippen LogP contribution in [-0.4, -0.2) is 24.8 Å². The Morgan fingerprint density at radius 2 is 2.05 bits per heavy atom. The quantitative estimate of drug-likeness (QED) is 0.875.